The van der Waals surface area contributed by atoms with Gasteiger partial charge in [0.15, 0.2) is 0 Å². The summed E-state index contributed by atoms with van der Waals surface area (Å²) >= 11 is 0. The van der Waals surface area contributed by atoms with Crippen LogP contribution < -0.4 is 21.3 Å². The quantitative estimate of drug-likeness (QED) is 0.279. The highest BCUT2D eigenvalue weighted by Crippen LogP contribution is 2.35. The van der Waals surface area contributed by atoms with Gasteiger partial charge in [-0.2, -0.15) is 18.2 Å². The van der Waals surface area contributed by atoms with Gasteiger partial charge in [-0.15, -0.1) is 0 Å². The average Bonchev–Trinajstić information content (AvgIpc) is 2.89. The number of nitrogens with zero attached hydrogens (tertiary/aromatic N) is 3. The molecule has 9 nitrogen and oxygen atoms in total. The van der Waals surface area contributed by atoms with Crippen LogP contribution in [-0.2, 0) is 15.8 Å². The van der Waals surface area contributed by atoms with Gasteiger partial charge < -0.3 is 26.2 Å². The topological polar surface area (TPSA) is 111 Å². The molecule has 4 N–H and O–H groups in total. The zero-order chi connectivity index (χ0) is 28.0. The monoisotopic (exact) mass is 539 g/mol. The molecule has 1 fully saturated rings. The maximum Gasteiger partial charge on any atom is 0.421 e. The highest BCUT2D eigenvalue weighted by molar-refractivity contribution is 5.99. The molecule has 0 unspecified atom stereocenters. The summed E-state index contributed by atoms with van der Waals surface area (Å²) in [7, 11) is 0. The van der Waals surface area contributed by atoms with Gasteiger partial charge in [0.1, 0.15) is 11.4 Å². The summed E-state index contributed by atoms with van der Waals surface area (Å²) < 4.78 is 41.1. The lowest BCUT2D eigenvalue weighted by Crippen LogP contribution is -2.41. The maximum atomic E-state index is 13.7. The fourth-order valence-corrected chi connectivity index (χ4v) is 4.14. The van der Waals surface area contributed by atoms with Crippen molar-refractivity contribution in [3.63, 3.8) is 0 Å². The molecule has 1 aliphatic rings. The number of amides is 2. The highest BCUT2D eigenvalue weighted by Gasteiger charge is 2.35. The first-order valence-electron chi connectivity index (χ1n) is 12.2. The van der Waals surface area contributed by atoms with E-state index in [4.69, 9.17) is 0 Å². The molecule has 1 aromatic heterocycles. The minimum Gasteiger partial charge on any atom is -0.382 e. The number of carbonyl (C=O) groups is 2. The maximum absolute atomic E-state index is 13.7. The molecule has 0 aliphatic carbocycles. The number of aromatic nitrogens is 2. The van der Waals surface area contributed by atoms with Gasteiger partial charge in [0.05, 0.1) is 0 Å². The van der Waals surface area contributed by atoms with Gasteiger partial charge in [-0.3, -0.25) is 9.59 Å². The van der Waals surface area contributed by atoms with E-state index in [1.807, 2.05) is 23.1 Å². The standard InChI is InChI=1S/C27H28F3N7O2/c1-3-24(39)33-20-7-5-8-21(15-20)34-25-23(27(28,29)30)16-31-26(36-25)35-22-9-4-6-19(14-22)32-18-10-12-37(13-11-18)17(2)38/h3-9,14-16,18,32H,1,10-13H2,2H3,(H,33,39)(H2,31,34,35,36). The van der Waals surface area contributed by atoms with Crippen LogP contribution >= 0.6 is 0 Å². The third-order valence-electron chi connectivity index (χ3n) is 6.10. The summed E-state index contributed by atoms with van der Waals surface area (Å²) in [6.07, 6.45) is -1.27. The van der Waals surface area contributed by atoms with Gasteiger partial charge in [-0.1, -0.05) is 18.7 Å². The molecule has 39 heavy (non-hydrogen) atoms. The molecule has 204 valence electrons. The van der Waals surface area contributed by atoms with Crippen LogP contribution in [0.2, 0.25) is 0 Å². The van der Waals surface area contributed by atoms with Crippen molar-refractivity contribution < 1.29 is 22.8 Å². The van der Waals surface area contributed by atoms with Crippen LogP contribution in [0.3, 0.4) is 0 Å². The van der Waals surface area contributed by atoms with Crippen molar-refractivity contribution in [2.75, 3.05) is 34.4 Å². The first-order chi connectivity index (χ1) is 18.6. The highest BCUT2D eigenvalue weighted by atomic mass is 19.4. The molecule has 0 bridgehead atoms. The summed E-state index contributed by atoms with van der Waals surface area (Å²) in [6.45, 7) is 6.31. The molecular formula is C27H28F3N7O2. The molecule has 0 atom stereocenters. The Kier molecular flexibility index (Phi) is 8.33. The Morgan fingerprint density at radius 1 is 1.00 bits per heavy atom. The van der Waals surface area contributed by atoms with Crippen molar-refractivity contribution in [2.45, 2.75) is 32.0 Å². The number of anilines is 6. The lowest BCUT2D eigenvalue weighted by Gasteiger charge is -2.32. The van der Waals surface area contributed by atoms with Crippen molar-refractivity contribution in [1.82, 2.24) is 14.9 Å². The van der Waals surface area contributed by atoms with Crippen molar-refractivity contribution >= 4 is 46.3 Å². The van der Waals surface area contributed by atoms with Gasteiger partial charge in [0, 0.05) is 55.0 Å². The molecule has 12 heteroatoms. The van der Waals surface area contributed by atoms with Gasteiger partial charge >= 0.3 is 6.18 Å². The van der Waals surface area contributed by atoms with Crippen molar-refractivity contribution in [1.29, 1.82) is 0 Å². The molecule has 2 aromatic carbocycles. The van der Waals surface area contributed by atoms with Crippen LogP contribution in [0, 0.1) is 0 Å². The van der Waals surface area contributed by atoms with Crippen LogP contribution in [-0.4, -0.2) is 45.8 Å². The molecule has 0 spiro atoms. The summed E-state index contributed by atoms with van der Waals surface area (Å²) in [5, 5.41) is 11.7. The average molecular weight is 540 g/mol. The molecule has 4 rings (SSSR count). The Morgan fingerprint density at radius 3 is 2.26 bits per heavy atom. The molecule has 0 saturated carbocycles. The molecule has 0 radical (unpaired) electrons. The van der Waals surface area contributed by atoms with Crippen molar-refractivity contribution in [3.8, 4) is 0 Å². The number of halogens is 3. The van der Waals surface area contributed by atoms with Gasteiger partial charge in [-0.25, -0.2) is 4.98 Å². The molecule has 1 saturated heterocycles. The van der Waals surface area contributed by atoms with Gasteiger partial charge in [-0.05, 0) is 55.3 Å². The minimum absolute atomic E-state index is 0.0338. The van der Waals surface area contributed by atoms with Gasteiger partial charge in [0.25, 0.3) is 0 Å². The normalized spacial score (nSPS) is 13.9. The van der Waals surface area contributed by atoms with Crippen LogP contribution in [0.15, 0.2) is 67.4 Å². The first kappa shape index (κ1) is 27.4. The number of hydrogen-bond donors (Lipinski definition) is 4. The summed E-state index contributed by atoms with van der Waals surface area (Å²) in [6, 6.07) is 13.7. The third kappa shape index (κ3) is 7.46. The number of nitrogens with one attached hydrogen (secondary N) is 4. The van der Waals surface area contributed by atoms with E-state index in [0.29, 0.717) is 30.7 Å². The Hall–Kier alpha value is -4.61. The molecule has 2 heterocycles. The van der Waals surface area contributed by atoms with E-state index in [9.17, 15) is 22.8 Å². The summed E-state index contributed by atoms with van der Waals surface area (Å²) in [4.78, 5) is 32.9. The summed E-state index contributed by atoms with van der Waals surface area (Å²) in [5.74, 6) is -0.862. The zero-order valence-corrected chi connectivity index (χ0v) is 21.2. The van der Waals surface area contributed by atoms with Crippen LogP contribution in [0.5, 0.6) is 0 Å². The SMILES string of the molecule is C=CC(=O)Nc1cccc(Nc2nc(Nc3cccc(NC4CCN(C(C)=O)CC4)c3)ncc2C(F)(F)F)c1. The van der Waals surface area contributed by atoms with E-state index in [2.05, 4.69) is 37.8 Å². The minimum atomic E-state index is -4.70. The van der Waals surface area contributed by atoms with Crippen LogP contribution in [0.4, 0.5) is 47.7 Å². The number of likely N-dealkylation sites (tertiary alicyclic amines) is 1. The fraction of sp³-hybridized carbons (Fsp3) is 0.259. The number of hydrogen-bond acceptors (Lipinski definition) is 7. The molecule has 2 amide bonds. The second-order valence-electron chi connectivity index (χ2n) is 8.98. The third-order valence-corrected chi connectivity index (χ3v) is 6.10. The smallest absolute Gasteiger partial charge is 0.382 e. The lowest BCUT2D eigenvalue weighted by atomic mass is 10.0. The van der Waals surface area contributed by atoms with E-state index >= 15 is 0 Å². The van der Waals surface area contributed by atoms with E-state index < -0.39 is 23.5 Å². The van der Waals surface area contributed by atoms with E-state index in [1.54, 1.807) is 31.2 Å². The molecular weight excluding hydrogens is 511 g/mol. The Labute approximate surface area is 223 Å². The number of alkyl halides is 3. The molecule has 3 aromatic rings. The first-order valence-corrected chi connectivity index (χ1v) is 12.2. The number of benzene rings is 2. The van der Waals surface area contributed by atoms with Crippen molar-refractivity contribution in [2.24, 2.45) is 0 Å². The van der Waals surface area contributed by atoms with Crippen LogP contribution in [0.25, 0.3) is 0 Å². The predicted molar refractivity (Wildman–Crippen MR) is 144 cm³/mol. The Bertz CT molecular complexity index is 1360. The zero-order valence-electron chi connectivity index (χ0n) is 21.2. The van der Waals surface area contributed by atoms with Crippen LogP contribution in [0.1, 0.15) is 25.3 Å². The summed E-state index contributed by atoms with van der Waals surface area (Å²) in [5.41, 5.74) is 1.03. The molecule has 1 aliphatic heterocycles. The number of carbonyl (C=O) groups excluding carboxylic acids is 2. The number of piperidine rings is 1. The second-order valence-corrected chi connectivity index (χ2v) is 8.98. The lowest BCUT2D eigenvalue weighted by molar-refractivity contribution is -0.137. The number of rotatable bonds is 8. The van der Waals surface area contributed by atoms with Crippen molar-refractivity contribution in [3.05, 3.63) is 72.9 Å². The Balaban J connectivity index is 1.50. The predicted octanol–water partition coefficient (Wildman–Crippen LogP) is 5.53. The second kappa shape index (κ2) is 11.8. The van der Waals surface area contributed by atoms with E-state index in [1.165, 1.54) is 6.07 Å². The largest absolute Gasteiger partial charge is 0.421 e. The van der Waals surface area contributed by atoms with Gasteiger partial charge in [0.2, 0.25) is 17.8 Å². The Morgan fingerprint density at radius 2 is 1.62 bits per heavy atom. The van der Waals surface area contributed by atoms with E-state index in [-0.39, 0.29) is 23.6 Å². The van der Waals surface area contributed by atoms with E-state index in [0.717, 1.165) is 24.6 Å². The fourth-order valence-electron chi connectivity index (χ4n) is 4.14.